The van der Waals surface area contributed by atoms with Gasteiger partial charge >= 0.3 is 0 Å². The molecule has 6 nitrogen and oxygen atoms in total. The van der Waals surface area contributed by atoms with Crippen molar-refractivity contribution in [3.63, 3.8) is 0 Å². The summed E-state index contributed by atoms with van der Waals surface area (Å²) in [6.07, 6.45) is -0.107. The molecular formula is C23H29N3O3. The number of likely N-dealkylation sites (tertiary alicyclic amines) is 1. The average Bonchev–Trinajstić information content (AvgIpc) is 3.17. The number of morpholine rings is 1. The van der Waals surface area contributed by atoms with E-state index in [1.807, 2.05) is 59.9 Å². The highest BCUT2D eigenvalue weighted by Gasteiger charge is 2.43. The largest absolute Gasteiger partial charge is 0.372 e. The Morgan fingerprint density at radius 3 is 2.62 bits per heavy atom. The van der Waals surface area contributed by atoms with E-state index in [0.29, 0.717) is 32.8 Å². The van der Waals surface area contributed by atoms with Crippen LogP contribution in [0.4, 0.5) is 0 Å². The van der Waals surface area contributed by atoms with Gasteiger partial charge in [0.05, 0.1) is 25.3 Å². The van der Waals surface area contributed by atoms with E-state index in [4.69, 9.17) is 4.74 Å². The standard InChI is InChI=1S/C23H29N3O3/c1-4-24(3)15-22(27)25-13-20-21(14-25)29-10-9-26(20)23(28)19-12-18-8-6-5-7-17(18)11-16(19)2/h5-8,11-12,20-21H,4,9-10,13-15H2,1-3H3/t20-,21+/m1/s1. The number of amides is 2. The molecule has 2 aliphatic rings. The van der Waals surface area contributed by atoms with Crippen LogP contribution in [-0.2, 0) is 9.53 Å². The van der Waals surface area contributed by atoms with E-state index in [-0.39, 0.29) is 24.0 Å². The van der Waals surface area contributed by atoms with Gasteiger partial charge in [-0.05, 0) is 42.9 Å². The van der Waals surface area contributed by atoms with Crippen molar-refractivity contribution in [3.8, 4) is 0 Å². The van der Waals surface area contributed by atoms with E-state index in [0.717, 1.165) is 28.4 Å². The zero-order valence-electron chi connectivity index (χ0n) is 17.4. The first-order valence-corrected chi connectivity index (χ1v) is 10.4. The number of benzene rings is 2. The Bertz CT molecular complexity index is 929. The summed E-state index contributed by atoms with van der Waals surface area (Å²) in [5.41, 5.74) is 1.71. The molecule has 154 valence electrons. The molecule has 2 aromatic rings. The van der Waals surface area contributed by atoms with E-state index in [9.17, 15) is 9.59 Å². The third-order valence-electron chi connectivity index (χ3n) is 6.18. The monoisotopic (exact) mass is 395 g/mol. The Kier molecular flexibility index (Phi) is 5.56. The molecule has 0 radical (unpaired) electrons. The number of rotatable bonds is 4. The maximum atomic E-state index is 13.5. The number of nitrogens with zero attached hydrogens (tertiary/aromatic N) is 3. The van der Waals surface area contributed by atoms with E-state index < -0.39 is 0 Å². The topological polar surface area (TPSA) is 53.1 Å². The fourth-order valence-electron chi connectivity index (χ4n) is 4.33. The van der Waals surface area contributed by atoms with Crippen molar-refractivity contribution in [3.05, 3.63) is 47.5 Å². The van der Waals surface area contributed by atoms with E-state index in [1.54, 1.807) is 0 Å². The normalized spacial score (nSPS) is 21.7. The molecule has 0 bridgehead atoms. The summed E-state index contributed by atoms with van der Waals surface area (Å²) >= 11 is 0. The molecule has 0 unspecified atom stereocenters. The summed E-state index contributed by atoms with van der Waals surface area (Å²) in [7, 11) is 1.94. The molecule has 0 spiro atoms. The SMILES string of the molecule is CCN(C)CC(=O)N1C[C@@H]2OCCN(C(=O)c3cc4ccccc4cc3C)[C@@H]2C1. The van der Waals surface area contributed by atoms with Crippen molar-refractivity contribution < 1.29 is 14.3 Å². The Morgan fingerprint density at radius 2 is 1.90 bits per heavy atom. The van der Waals surface area contributed by atoms with Crippen LogP contribution in [0.5, 0.6) is 0 Å². The predicted molar refractivity (Wildman–Crippen MR) is 113 cm³/mol. The lowest BCUT2D eigenvalue weighted by Gasteiger charge is -2.37. The lowest BCUT2D eigenvalue weighted by molar-refractivity contribution is -0.131. The van der Waals surface area contributed by atoms with Gasteiger partial charge in [0.1, 0.15) is 0 Å². The highest BCUT2D eigenvalue weighted by Crippen LogP contribution is 2.27. The van der Waals surface area contributed by atoms with Gasteiger partial charge in [0.25, 0.3) is 5.91 Å². The van der Waals surface area contributed by atoms with Crippen molar-refractivity contribution in [2.24, 2.45) is 0 Å². The smallest absolute Gasteiger partial charge is 0.254 e. The molecular weight excluding hydrogens is 366 g/mol. The lowest BCUT2D eigenvalue weighted by Crippen LogP contribution is -2.53. The fourth-order valence-corrected chi connectivity index (χ4v) is 4.33. The summed E-state index contributed by atoms with van der Waals surface area (Å²) in [5.74, 6) is 0.133. The number of hydrogen-bond donors (Lipinski definition) is 0. The Morgan fingerprint density at radius 1 is 1.17 bits per heavy atom. The van der Waals surface area contributed by atoms with Crippen LogP contribution in [0.15, 0.2) is 36.4 Å². The van der Waals surface area contributed by atoms with Crippen LogP contribution in [0.25, 0.3) is 10.8 Å². The Balaban J connectivity index is 1.55. The van der Waals surface area contributed by atoms with Gasteiger partial charge in [-0.1, -0.05) is 37.3 Å². The second-order valence-corrected chi connectivity index (χ2v) is 8.12. The Hall–Kier alpha value is -2.44. The van der Waals surface area contributed by atoms with Crippen molar-refractivity contribution in [1.29, 1.82) is 0 Å². The number of likely N-dealkylation sites (N-methyl/N-ethyl adjacent to an activating group) is 1. The molecule has 0 aliphatic carbocycles. The first-order valence-electron chi connectivity index (χ1n) is 10.4. The van der Waals surface area contributed by atoms with Crippen molar-refractivity contribution in [1.82, 2.24) is 14.7 Å². The van der Waals surface area contributed by atoms with Crippen LogP contribution in [0.3, 0.4) is 0 Å². The van der Waals surface area contributed by atoms with Crippen LogP contribution >= 0.6 is 0 Å². The molecule has 2 aromatic carbocycles. The molecule has 0 N–H and O–H groups in total. The maximum absolute atomic E-state index is 13.5. The third-order valence-corrected chi connectivity index (χ3v) is 6.18. The maximum Gasteiger partial charge on any atom is 0.254 e. The van der Waals surface area contributed by atoms with E-state index in [1.165, 1.54) is 0 Å². The number of aryl methyl sites for hydroxylation is 1. The van der Waals surface area contributed by atoms with Gasteiger partial charge in [-0.3, -0.25) is 14.5 Å². The van der Waals surface area contributed by atoms with Crippen molar-refractivity contribution in [2.45, 2.75) is 26.0 Å². The molecule has 4 rings (SSSR count). The number of hydrogen-bond acceptors (Lipinski definition) is 4. The quantitative estimate of drug-likeness (QED) is 0.796. The van der Waals surface area contributed by atoms with Crippen LogP contribution in [0.1, 0.15) is 22.8 Å². The molecule has 0 saturated carbocycles. The summed E-state index contributed by atoms with van der Waals surface area (Å²) in [5, 5.41) is 2.20. The van der Waals surface area contributed by atoms with Gasteiger partial charge in [0.15, 0.2) is 0 Å². The fraction of sp³-hybridized carbons (Fsp3) is 0.478. The Labute approximate surface area is 172 Å². The second-order valence-electron chi connectivity index (χ2n) is 8.12. The third kappa shape index (κ3) is 3.87. The van der Waals surface area contributed by atoms with E-state index >= 15 is 0 Å². The van der Waals surface area contributed by atoms with Crippen LogP contribution in [-0.4, -0.2) is 85.0 Å². The molecule has 2 heterocycles. The van der Waals surface area contributed by atoms with Gasteiger partial charge in [0, 0.05) is 25.2 Å². The van der Waals surface area contributed by atoms with Gasteiger partial charge in [0.2, 0.25) is 5.91 Å². The van der Waals surface area contributed by atoms with Gasteiger partial charge in [-0.2, -0.15) is 0 Å². The predicted octanol–water partition coefficient (Wildman–Crippen LogP) is 2.15. The summed E-state index contributed by atoms with van der Waals surface area (Å²) in [4.78, 5) is 31.9. The first-order chi connectivity index (χ1) is 14.0. The zero-order chi connectivity index (χ0) is 20.5. The second kappa shape index (κ2) is 8.13. The number of carbonyl (C=O) groups excluding carboxylic acids is 2. The molecule has 2 atom stereocenters. The van der Waals surface area contributed by atoms with Crippen LogP contribution in [0.2, 0.25) is 0 Å². The molecule has 2 amide bonds. The minimum absolute atomic E-state index is 0.0338. The average molecular weight is 396 g/mol. The number of ether oxygens (including phenoxy) is 1. The lowest BCUT2D eigenvalue weighted by atomic mass is 9.99. The van der Waals surface area contributed by atoms with Crippen molar-refractivity contribution >= 4 is 22.6 Å². The molecule has 2 aliphatic heterocycles. The molecule has 29 heavy (non-hydrogen) atoms. The van der Waals surface area contributed by atoms with Gasteiger partial charge in [-0.15, -0.1) is 0 Å². The minimum atomic E-state index is -0.107. The first kappa shape index (κ1) is 19.9. The minimum Gasteiger partial charge on any atom is -0.372 e. The number of fused-ring (bicyclic) bond motifs is 2. The van der Waals surface area contributed by atoms with Gasteiger partial charge < -0.3 is 14.5 Å². The summed E-state index contributed by atoms with van der Waals surface area (Å²) < 4.78 is 5.93. The molecule has 2 saturated heterocycles. The zero-order valence-corrected chi connectivity index (χ0v) is 17.4. The van der Waals surface area contributed by atoms with Gasteiger partial charge in [-0.25, -0.2) is 0 Å². The highest BCUT2D eigenvalue weighted by atomic mass is 16.5. The summed E-state index contributed by atoms with van der Waals surface area (Å²) in [6.45, 7) is 7.41. The molecule has 2 fully saturated rings. The molecule has 6 heteroatoms. The van der Waals surface area contributed by atoms with Crippen molar-refractivity contribution in [2.75, 3.05) is 46.4 Å². The number of carbonyl (C=O) groups is 2. The summed E-state index contributed by atoms with van der Waals surface area (Å²) in [6, 6.07) is 12.1. The highest BCUT2D eigenvalue weighted by molar-refractivity contribution is 6.00. The van der Waals surface area contributed by atoms with E-state index in [2.05, 4.69) is 12.1 Å². The molecule has 0 aromatic heterocycles. The van der Waals surface area contributed by atoms with Crippen LogP contribution in [0, 0.1) is 6.92 Å². The van der Waals surface area contributed by atoms with Crippen LogP contribution < -0.4 is 0 Å².